The first-order valence-electron chi connectivity index (χ1n) is 6.20. The molecule has 0 saturated carbocycles. The van der Waals surface area contributed by atoms with Crippen LogP contribution in [0.3, 0.4) is 0 Å². The van der Waals surface area contributed by atoms with E-state index in [4.69, 9.17) is 27.9 Å². The van der Waals surface area contributed by atoms with Gasteiger partial charge >= 0.3 is 0 Å². The molecular formula is C15H11BrCl2N2O2. The zero-order valence-electron chi connectivity index (χ0n) is 11.2. The molecule has 0 bridgehead atoms. The predicted molar refractivity (Wildman–Crippen MR) is 91.8 cm³/mol. The van der Waals surface area contributed by atoms with E-state index < -0.39 is 0 Å². The third-order valence-corrected chi connectivity index (χ3v) is 3.92. The van der Waals surface area contributed by atoms with Crippen LogP contribution in [0.1, 0.15) is 5.56 Å². The molecule has 4 nitrogen and oxygen atoms in total. The number of carbonyl (C=O) groups is 1. The largest absolute Gasteiger partial charge is 0.484 e. The Hall–Kier alpha value is -1.56. The summed E-state index contributed by atoms with van der Waals surface area (Å²) in [7, 11) is 0. The Morgan fingerprint density at radius 2 is 1.95 bits per heavy atom. The van der Waals surface area contributed by atoms with Gasteiger partial charge in [-0.2, -0.15) is 5.10 Å². The number of hydrogen-bond acceptors (Lipinski definition) is 3. The zero-order valence-corrected chi connectivity index (χ0v) is 14.3. The third-order valence-electron chi connectivity index (χ3n) is 2.56. The summed E-state index contributed by atoms with van der Waals surface area (Å²) < 4.78 is 6.25. The second kappa shape index (κ2) is 8.17. The van der Waals surface area contributed by atoms with Gasteiger partial charge in [0.1, 0.15) is 5.75 Å². The molecule has 0 aromatic heterocycles. The Balaban J connectivity index is 1.83. The molecule has 0 aliphatic carbocycles. The number of hydrogen-bond donors (Lipinski definition) is 1. The van der Waals surface area contributed by atoms with Crippen LogP contribution in [0.25, 0.3) is 0 Å². The molecule has 2 aromatic rings. The van der Waals surface area contributed by atoms with Crippen molar-refractivity contribution in [3.63, 3.8) is 0 Å². The van der Waals surface area contributed by atoms with E-state index >= 15 is 0 Å². The summed E-state index contributed by atoms with van der Waals surface area (Å²) in [5, 5.41) is 4.62. The number of benzene rings is 2. The van der Waals surface area contributed by atoms with E-state index in [9.17, 15) is 4.79 Å². The summed E-state index contributed by atoms with van der Waals surface area (Å²) in [4.78, 5) is 11.6. The van der Waals surface area contributed by atoms with Gasteiger partial charge in [0.05, 0.1) is 16.3 Å². The molecular weight excluding hydrogens is 391 g/mol. The van der Waals surface area contributed by atoms with Crippen molar-refractivity contribution < 1.29 is 9.53 Å². The van der Waals surface area contributed by atoms with Crippen LogP contribution in [0.2, 0.25) is 10.0 Å². The quantitative estimate of drug-likeness (QED) is 0.600. The number of halogens is 3. The highest BCUT2D eigenvalue weighted by Gasteiger charge is 2.03. The molecule has 0 aliphatic rings. The number of carbonyl (C=O) groups excluding carboxylic acids is 1. The normalized spacial score (nSPS) is 10.7. The standard InChI is InChI=1S/C15H11BrCl2N2O2/c16-11-4-6-12(7-5-11)22-9-14(21)20-19-8-10-2-1-3-13(17)15(10)18/h1-8H,9H2,(H,20,21)/b19-8+. The summed E-state index contributed by atoms with van der Waals surface area (Å²) in [6.07, 6.45) is 1.42. The van der Waals surface area contributed by atoms with Crippen LogP contribution in [0.5, 0.6) is 5.75 Å². The molecule has 1 N–H and O–H groups in total. The monoisotopic (exact) mass is 400 g/mol. The number of nitrogens with zero attached hydrogens (tertiary/aromatic N) is 1. The lowest BCUT2D eigenvalue weighted by Crippen LogP contribution is -2.24. The Kier molecular flexibility index (Phi) is 6.24. The molecule has 0 atom stereocenters. The first kappa shape index (κ1) is 16.8. The molecule has 1 amide bonds. The van der Waals surface area contributed by atoms with Crippen molar-refractivity contribution in [3.05, 3.63) is 62.5 Å². The molecule has 0 heterocycles. The number of amides is 1. The summed E-state index contributed by atoms with van der Waals surface area (Å²) in [5.74, 6) is 0.220. The minimum absolute atomic E-state index is 0.137. The van der Waals surface area contributed by atoms with E-state index in [2.05, 4.69) is 26.5 Å². The average Bonchev–Trinajstić information content (AvgIpc) is 2.51. The van der Waals surface area contributed by atoms with Crippen molar-refractivity contribution in [1.82, 2.24) is 5.43 Å². The summed E-state index contributed by atoms with van der Waals surface area (Å²) in [5.41, 5.74) is 2.97. The van der Waals surface area contributed by atoms with Crippen LogP contribution < -0.4 is 10.2 Å². The van der Waals surface area contributed by atoms with Gasteiger partial charge in [-0.05, 0) is 30.3 Å². The number of hydrazone groups is 1. The maximum Gasteiger partial charge on any atom is 0.277 e. The first-order chi connectivity index (χ1) is 10.6. The van der Waals surface area contributed by atoms with Crippen LogP contribution in [-0.4, -0.2) is 18.7 Å². The molecule has 114 valence electrons. The van der Waals surface area contributed by atoms with Crippen LogP contribution in [0.15, 0.2) is 52.0 Å². The molecule has 0 unspecified atom stereocenters. The van der Waals surface area contributed by atoms with Gasteiger partial charge < -0.3 is 4.74 Å². The molecule has 2 aromatic carbocycles. The van der Waals surface area contributed by atoms with Gasteiger partial charge in [0, 0.05) is 10.0 Å². The Bertz CT molecular complexity index is 690. The highest BCUT2D eigenvalue weighted by atomic mass is 79.9. The molecule has 2 rings (SSSR count). The van der Waals surface area contributed by atoms with E-state index in [-0.39, 0.29) is 12.5 Å². The minimum Gasteiger partial charge on any atom is -0.484 e. The smallest absolute Gasteiger partial charge is 0.277 e. The van der Waals surface area contributed by atoms with E-state index in [1.54, 1.807) is 30.3 Å². The van der Waals surface area contributed by atoms with Gasteiger partial charge in [0.15, 0.2) is 6.61 Å². The Labute approximate surface area is 146 Å². The van der Waals surface area contributed by atoms with Crippen molar-refractivity contribution in [2.45, 2.75) is 0 Å². The maximum atomic E-state index is 11.6. The van der Waals surface area contributed by atoms with Gasteiger partial charge in [-0.3, -0.25) is 4.79 Å². The van der Waals surface area contributed by atoms with Crippen LogP contribution in [-0.2, 0) is 4.79 Å². The molecule has 0 aliphatic heterocycles. The van der Waals surface area contributed by atoms with Gasteiger partial charge in [-0.1, -0.05) is 51.3 Å². The maximum absolute atomic E-state index is 11.6. The van der Waals surface area contributed by atoms with Gasteiger partial charge in [-0.15, -0.1) is 0 Å². The predicted octanol–water partition coefficient (Wildman–Crippen LogP) is 4.29. The second-order valence-corrected chi connectivity index (χ2v) is 5.88. The Morgan fingerprint density at radius 1 is 1.23 bits per heavy atom. The topological polar surface area (TPSA) is 50.7 Å². The molecule has 0 fully saturated rings. The van der Waals surface area contributed by atoms with Crippen molar-refractivity contribution in [2.75, 3.05) is 6.61 Å². The van der Waals surface area contributed by atoms with Crippen LogP contribution in [0, 0.1) is 0 Å². The summed E-state index contributed by atoms with van der Waals surface area (Å²) in [6, 6.07) is 12.3. The second-order valence-electron chi connectivity index (χ2n) is 4.18. The fraction of sp³-hybridized carbons (Fsp3) is 0.0667. The fourth-order valence-corrected chi connectivity index (χ4v) is 2.13. The SMILES string of the molecule is O=C(COc1ccc(Br)cc1)N/N=C/c1cccc(Cl)c1Cl. The highest BCUT2D eigenvalue weighted by Crippen LogP contribution is 2.24. The third kappa shape index (κ3) is 5.02. The van der Waals surface area contributed by atoms with Gasteiger partial charge in [0.25, 0.3) is 5.91 Å². The summed E-state index contributed by atoms with van der Waals surface area (Å²) >= 11 is 15.2. The minimum atomic E-state index is -0.377. The molecule has 22 heavy (non-hydrogen) atoms. The van der Waals surface area contributed by atoms with Crippen molar-refractivity contribution in [1.29, 1.82) is 0 Å². The average molecular weight is 402 g/mol. The lowest BCUT2D eigenvalue weighted by Gasteiger charge is -2.05. The van der Waals surface area contributed by atoms with Crippen LogP contribution in [0.4, 0.5) is 0 Å². The van der Waals surface area contributed by atoms with E-state index in [0.29, 0.717) is 21.4 Å². The zero-order chi connectivity index (χ0) is 15.9. The number of nitrogens with one attached hydrogen (secondary N) is 1. The lowest BCUT2D eigenvalue weighted by atomic mass is 10.2. The molecule has 7 heteroatoms. The van der Waals surface area contributed by atoms with Crippen molar-refractivity contribution in [2.24, 2.45) is 5.10 Å². The van der Waals surface area contributed by atoms with Gasteiger partial charge in [0.2, 0.25) is 0 Å². The van der Waals surface area contributed by atoms with E-state index in [1.807, 2.05) is 12.1 Å². The summed E-state index contributed by atoms with van der Waals surface area (Å²) in [6.45, 7) is -0.137. The van der Waals surface area contributed by atoms with Crippen molar-refractivity contribution in [3.8, 4) is 5.75 Å². The van der Waals surface area contributed by atoms with E-state index in [1.165, 1.54) is 6.21 Å². The fourth-order valence-electron chi connectivity index (χ4n) is 1.51. The molecule has 0 saturated heterocycles. The number of rotatable bonds is 5. The molecule has 0 radical (unpaired) electrons. The van der Waals surface area contributed by atoms with E-state index in [0.717, 1.165) is 4.47 Å². The van der Waals surface area contributed by atoms with Gasteiger partial charge in [-0.25, -0.2) is 5.43 Å². The Morgan fingerprint density at radius 3 is 2.68 bits per heavy atom. The highest BCUT2D eigenvalue weighted by molar-refractivity contribution is 9.10. The first-order valence-corrected chi connectivity index (χ1v) is 7.75. The number of ether oxygens (including phenoxy) is 1. The van der Waals surface area contributed by atoms with Crippen molar-refractivity contribution >= 4 is 51.3 Å². The van der Waals surface area contributed by atoms with Crippen LogP contribution >= 0.6 is 39.1 Å². The lowest BCUT2D eigenvalue weighted by molar-refractivity contribution is -0.123. The molecule has 0 spiro atoms.